The average molecular weight is 477 g/mol. The van der Waals surface area contributed by atoms with E-state index in [2.05, 4.69) is 10.4 Å². The summed E-state index contributed by atoms with van der Waals surface area (Å²) in [6.45, 7) is -0.805. The molecule has 0 saturated carbocycles. The lowest BCUT2D eigenvalue weighted by atomic mass is 10.2. The Bertz CT molecular complexity index is 1210. The predicted octanol–water partition coefficient (Wildman–Crippen LogP) is 3.02. The molecule has 2 aromatic carbocycles. The summed E-state index contributed by atoms with van der Waals surface area (Å²) in [4.78, 5) is 36.5. The Morgan fingerprint density at radius 3 is 2.35 bits per heavy atom. The summed E-state index contributed by atoms with van der Waals surface area (Å²) in [5, 5.41) is 5.98. The number of nitrogens with zero attached hydrogens (tertiary/aromatic N) is 2. The van der Waals surface area contributed by atoms with Crippen molar-refractivity contribution >= 4 is 17.8 Å². The van der Waals surface area contributed by atoms with Gasteiger partial charge in [-0.15, -0.1) is 0 Å². The van der Waals surface area contributed by atoms with Crippen LogP contribution in [0.4, 0.5) is 13.2 Å². The summed E-state index contributed by atoms with van der Waals surface area (Å²) in [6, 6.07) is 10.2. The van der Waals surface area contributed by atoms with Crippen molar-refractivity contribution in [3.8, 4) is 17.2 Å². The lowest BCUT2D eigenvalue weighted by molar-refractivity contribution is -0.137. The fraction of sp³-hybridized carbons (Fsp3) is 0.182. The number of methoxy groups -OCH3 is 2. The van der Waals surface area contributed by atoms with Crippen molar-refractivity contribution in [2.75, 3.05) is 20.8 Å². The molecule has 0 atom stereocenters. The van der Waals surface area contributed by atoms with Gasteiger partial charge in [0.15, 0.2) is 12.4 Å². The van der Waals surface area contributed by atoms with Gasteiger partial charge in [0, 0.05) is 5.56 Å². The van der Waals surface area contributed by atoms with Gasteiger partial charge in [0.05, 0.1) is 31.7 Å². The van der Waals surface area contributed by atoms with Gasteiger partial charge in [-0.2, -0.15) is 18.3 Å². The number of rotatable bonds is 7. The van der Waals surface area contributed by atoms with Crippen LogP contribution >= 0.6 is 0 Å². The molecule has 178 valence electrons. The number of carbonyl (C=O) groups is 3. The van der Waals surface area contributed by atoms with E-state index in [4.69, 9.17) is 14.2 Å². The minimum Gasteiger partial charge on any atom is -0.497 e. The molecule has 0 fully saturated rings. The second-order valence-electron chi connectivity index (χ2n) is 6.72. The first-order valence-electron chi connectivity index (χ1n) is 9.59. The van der Waals surface area contributed by atoms with Gasteiger partial charge in [-0.25, -0.2) is 9.48 Å². The molecule has 0 spiro atoms. The van der Waals surface area contributed by atoms with E-state index in [-0.39, 0.29) is 22.7 Å². The van der Waals surface area contributed by atoms with Crippen LogP contribution in [0.5, 0.6) is 11.5 Å². The van der Waals surface area contributed by atoms with Gasteiger partial charge < -0.3 is 14.2 Å². The largest absolute Gasteiger partial charge is 0.497 e. The molecule has 0 aliphatic carbocycles. The van der Waals surface area contributed by atoms with Gasteiger partial charge in [0.1, 0.15) is 5.75 Å². The molecule has 0 saturated heterocycles. The maximum atomic E-state index is 13.0. The van der Waals surface area contributed by atoms with E-state index in [0.29, 0.717) is 5.75 Å². The van der Waals surface area contributed by atoms with Crippen LogP contribution in [0.2, 0.25) is 0 Å². The SMILES string of the molecule is COc1ccc(C(=O)NC(=O)COC(=O)c2nn(-c3cccc(C(F)(F)F)c3)cc2OC)cc1. The smallest absolute Gasteiger partial charge is 0.416 e. The normalized spacial score (nSPS) is 11.0. The van der Waals surface area contributed by atoms with Gasteiger partial charge in [-0.3, -0.25) is 14.9 Å². The quantitative estimate of drug-likeness (QED) is 0.521. The van der Waals surface area contributed by atoms with Crippen molar-refractivity contribution < 1.29 is 41.8 Å². The zero-order valence-electron chi connectivity index (χ0n) is 17.9. The van der Waals surface area contributed by atoms with Crippen molar-refractivity contribution in [2.24, 2.45) is 0 Å². The minimum atomic E-state index is -4.56. The number of alkyl halides is 3. The highest BCUT2D eigenvalue weighted by Crippen LogP contribution is 2.30. The Morgan fingerprint density at radius 2 is 1.74 bits per heavy atom. The molecule has 0 aliphatic heterocycles. The summed E-state index contributed by atoms with van der Waals surface area (Å²) in [5.74, 6) is -2.25. The molecule has 34 heavy (non-hydrogen) atoms. The van der Waals surface area contributed by atoms with Crippen molar-refractivity contribution in [1.29, 1.82) is 0 Å². The molecule has 3 aromatic rings. The first-order valence-corrected chi connectivity index (χ1v) is 9.59. The highest BCUT2D eigenvalue weighted by atomic mass is 19.4. The Hall–Kier alpha value is -4.35. The number of amides is 2. The van der Waals surface area contributed by atoms with E-state index in [1.54, 1.807) is 0 Å². The van der Waals surface area contributed by atoms with Crippen LogP contribution in [0.1, 0.15) is 26.4 Å². The number of aromatic nitrogens is 2. The Labute approximate surface area is 191 Å². The second-order valence-corrected chi connectivity index (χ2v) is 6.72. The summed E-state index contributed by atoms with van der Waals surface area (Å²) in [5.41, 5.74) is -1.06. The zero-order chi connectivity index (χ0) is 24.9. The number of carbonyl (C=O) groups excluding carboxylic acids is 3. The van der Waals surface area contributed by atoms with Crippen LogP contribution in [0.25, 0.3) is 5.69 Å². The number of imide groups is 1. The molecular formula is C22H18F3N3O6. The first-order chi connectivity index (χ1) is 16.1. The fourth-order valence-corrected chi connectivity index (χ4v) is 2.78. The van der Waals surface area contributed by atoms with E-state index in [1.807, 2.05) is 0 Å². The highest BCUT2D eigenvalue weighted by molar-refractivity contribution is 6.05. The summed E-state index contributed by atoms with van der Waals surface area (Å²) >= 11 is 0. The minimum absolute atomic E-state index is 0.0232. The Morgan fingerprint density at radius 1 is 1.03 bits per heavy atom. The molecule has 1 N–H and O–H groups in total. The van der Waals surface area contributed by atoms with Crippen molar-refractivity contribution in [1.82, 2.24) is 15.1 Å². The predicted molar refractivity (Wildman–Crippen MR) is 111 cm³/mol. The first kappa shape index (κ1) is 24.3. The van der Waals surface area contributed by atoms with Gasteiger partial charge in [0.25, 0.3) is 11.8 Å². The molecule has 1 heterocycles. The monoisotopic (exact) mass is 477 g/mol. The Kier molecular flexibility index (Phi) is 7.19. The van der Waals surface area contributed by atoms with Crippen LogP contribution in [0.3, 0.4) is 0 Å². The maximum absolute atomic E-state index is 13.0. The molecule has 2 amide bonds. The van der Waals surface area contributed by atoms with Gasteiger partial charge in [0.2, 0.25) is 5.69 Å². The average Bonchev–Trinajstić information content (AvgIpc) is 3.27. The van der Waals surface area contributed by atoms with Crippen LogP contribution in [-0.2, 0) is 15.7 Å². The van der Waals surface area contributed by atoms with E-state index < -0.39 is 36.1 Å². The topological polar surface area (TPSA) is 109 Å². The van der Waals surface area contributed by atoms with E-state index in [9.17, 15) is 27.6 Å². The van der Waals surface area contributed by atoms with Crippen LogP contribution in [-0.4, -0.2) is 48.4 Å². The lowest BCUT2D eigenvalue weighted by Crippen LogP contribution is -2.34. The highest BCUT2D eigenvalue weighted by Gasteiger charge is 2.31. The van der Waals surface area contributed by atoms with E-state index in [1.165, 1.54) is 56.8 Å². The van der Waals surface area contributed by atoms with Gasteiger partial charge >= 0.3 is 12.1 Å². The number of ether oxygens (including phenoxy) is 3. The van der Waals surface area contributed by atoms with Gasteiger partial charge in [-0.05, 0) is 42.5 Å². The number of benzene rings is 2. The molecule has 0 radical (unpaired) electrons. The third-order valence-corrected chi connectivity index (χ3v) is 4.47. The zero-order valence-corrected chi connectivity index (χ0v) is 17.9. The molecule has 0 aliphatic rings. The molecule has 0 unspecified atom stereocenters. The number of esters is 1. The van der Waals surface area contributed by atoms with E-state index in [0.717, 1.165) is 16.8 Å². The molecule has 3 rings (SSSR count). The molecule has 0 bridgehead atoms. The number of hydrogen-bond donors (Lipinski definition) is 1. The third kappa shape index (κ3) is 5.71. The van der Waals surface area contributed by atoms with Crippen LogP contribution in [0, 0.1) is 0 Å². The summed E-state index contributed by atoms with van der Waals surface area (Å²) < 4.78 is 54.8. The number of nitrogens with one attached hydrogen (secondary N) is 1. The standard InChI is InChI=1S/C22H18F3N3O6/c1-32-16-8-6-13(7-9-16)20(30)26-18(29)12-34-21(31)19-17(33-2)11-28(27-19)15-5-3-4-14(10-15)22(23,24)25/h3-11H,12H2,1-2H3,(H,26,29,30). The fourth-order valence-electron chi connectivity index (χ4n) is 2.78. The van der Waals surface area contributed by atoms with Crippen molar-refractivity contribution in [3.05, 3.63) is 71.5 Å². The lowest BCUT2D eigenvalue weighted by Gasteiger charge is -2.08. The van der Waals surface area contributed by atoms with Crippen LogP contribution < -0.4 is 14.8 Å². The van der Waals surface area contributed by atoms with Crippen molar-refractivity contribution in [3.63, 3.8) is 0 Å². The van der Waals surface area contributed by atoms with E-state index >= 15 is 0 Å². The molecule has 12 heteroatoms. The molecular weight excluding hydrogens is 459 g/mol. The third-order valence-electron chi connectivity index (χ3n) is 4.47. The second kappa shape index (κ2) is 10.1. The van der Waals surface area contributed by atoms with Gasteiger partial charge in [-0.1, -0.05) is 6.07 Å². The number of hydrogen-bond acceptors (Lipinski definition) is 7. The molecule has 9 nitrogen and oxygen atoms in total. The Balaban J connectivity index is 1.66. The van der Waals surface area contributed by atoms with Crippen LogP contribution in [0.15, 0.2) is 54.7 Å². The summed E-state index contributed by atoms with van der Waals surface area (Å²) in [6.07, 6.45) is -3.37. The number of halogens is 3. The van der Waals surface area contributed by atoms with Crippen molar-refractivity contribution in [2.45, 2.75) is 6.18 Å². The molecule has 1 aromatic heterocycles. The summed E-state index contributed by atoms with van der Waals surface area (Å²) in [7, 11) is 2.69. The maximum Gasteiger partial charge on any atom is 0.416 e.